The van der Waals surface area contributed by atoms with Crippen LogP contribution in [0.15, 0.2) is 36.4 Å². The first-order chi connectivity index (χ1) is 9.10. The molecular formula is C16H11F3. The van der Waals surface area contributed by atoms with Crippen LogP contribution in [0.1, 0.15) is 12.5 Å². The molecule has 96 valence electrons. The van der Waals surface area contributed by atoms with Gasteiger partial charge in [0.1, 0.15) is 0 Å². The van der Waals surface area contributed by atoms with Crippen LogP contribution in [0.5, 0.6) is 0 Å². The van der Waals surface area contributed by atoms with Gasteiger partial charge in [-0.3, -0.25) is 0 Å². The lowest BCUT2D eigenvalue weighted by atomic mass is 10.0. The van der Waals surface area contributed by atoms with Crippen molar-refractivity contribution in [3.05, 3.63) is 59.4 Å². The summed E-state index contributed by atoms with van der Waals surface area (Å²) in [7, 11) is 0. The molecular weight excluding hydrogens is 249 g/mol. The zero-order valence-electron chi connectivity index (χ0n) is 10.3. The van der Waals surface area contributed by atoms with Gasteiger partial charge in [-0.15, -0.1) is 0 Å². The SMILES string of the molecule is CCc1ccc2cc3cc(F)c(F)c(F)c3cc2c1. The number of rotatable bonds is 1. The summed E-state index contributed by atoms with van der Waals surface area (Å²) in [6, 6.07) is 10.1. The smallest absolute Gasteiger partial charge is 0.195 e. The molecule has 0 N–H and O–H groups in total. The molecule has 0 atom stereocenters. The minimum atomic E-state index is -1.42. The summed E-state index contributed by atoms with van der Waals surface area (Å²) in [5.74, 6) is -3.70. The normalized spacial score (nSPS) is 11.4. The summed E-state index contributed by atoms with van der Waals surface area (Å²) in [6.45, 7) is 2.03. The summed E-state index contributed by atoms with van der Waals surface area (Å²) in [6.07, 6.45) is 0.869. The fourth-order valence-corrected chi connectivity index (χ4v) is 2.32. The van der Waals surface area contributed by atoms with Gasteiger partial charge in [0.15, 0.2) is 17.5 Å². The highest BCUT2D eigenvalue weighted by Crippen LogP contribution is 2.28. The van der Waals surface area contributed by atoms with E-state index in [9.17, 15) is 13.2 Å². The molecule has 3 aromatic carbocycles. The van der Waals surface area contributed by atoms with E-state index in [0.29, 0.717) is 5.39 Å². The Morgan fingerprint density at radius 2 is 1.58 bits per heavy atom. The van der Waals surface area contributed by atoms with Crippen molar-refractivity contribution in [2.45, 2.75) is 13.3 Å². The highest BCUT2D eigenvalue weighted by molar-refractivity contribution is 5.98. The highest BCUT2D eigenvalue weighted by Gasteiger charge is 2.13. The van der Waals surface area contributed by atoms with Crippen LogP contribution in [0.3, 0.4) is 0 Å². The maximum Gasteiger partial charge on any atom is 0.195 e. The number of fused-ring (bicyclic) bond motifs is 2. The number of hydrogen-bond donors (Lipinski definition) is 0. The van der Waals surface area contributed by atoms with Crippen molar-refractivity contribution in [2.24, 2.45) is 0 Å². The zero-order valence-corrected chi connectivity index (χ0v) is 10.3. The predicted molar refractivity (Wildman–Crippen MR) is 70.7 cm³/mol. The Kier molecular flexibility index (Phi) is 2.70. The molecule has 0 bridgehead atoms. The van der Waals surface area contributed by atoms with Crippen molar-refractivity contribution in [3.8, 4) is 0 Å². The predicted octanol–water partition coefficient (Wildman–Crippen LogP) is 4.97. The highest BCUT2D eigenvalue weighted by atomic mass is 19.2. The maximum atomic E-state index is 13.8. The van der Waals surface area contributed by atoms with Crippen LogP contribution < -0.4 is 0 Å². The molecule has 0 aliphatic heterocycles. The van der Waals surface area contributed by atoms with Gasteiger partial charge in [-0.05, 0) is 46.3 Å². The second kappa shape index (κ2) is 4.26. The van der Waals surface area contributed by atoms with Gasteiger partial charge in [-0.2, -0.15) is 0 Å². The average Bonchev–Trinajstić information content (AvgIpc) is 2.43. The molecule has 0 aliphatic rings. The minimum Gasteiger partial charge on any atom is -0.204 e. The fraction of sp³-hybridized carbons (Fsp3) is 0.125. The van der Waals surface area contributed by atoms with Gasteiger partial charge >= 0.3 is 0 Å². The molecule has 0 heterocycles. The molecule has 0 saturated heterocycles. The lowest BCUT2D eigenvalue weighted by molar-refractivity contribution is 0.453. The third-order valence-corrected chi connectivity index (χ3v) is 3.40. The second-order valence-corrected chi connectivity index (χ2v) is 4.59. The van der Waals surface area contributed by atoms with E-state index in [1.165, 1.54) is 0 Å². The maximum absolute atomic E-state index is 13.8. The third kappa shape index (κ3) is 1.86. The molecule has 0 spiro atoms. The van der Waals surface area contributed by atoms with Gasteiger partial charge in [0, 0.05) is 5.39 Å². The van der Waals surface area contributed by atoms with E-state index in [2.05, 4.69) is 0 Å². The Bertz CT molecular complexity index is 791. The number of benzene rings is 3. The molecule has 0 radical (unpaired) electrons. The monoisotopic (exact) mass is 260 g/mol. The Labute approximate surface area is 108 Å². The Morgan fingerprint density at radius 1 is 0.789 bits per heavy atom. The van der Waals surface area contributed by atoms with E-state index < -0.39 is 17.5 Å². The van der Waals surface area contributed by atoms with Crippen molar-refractivity contribution in [1.82, 2.24) is 0 Å². The van der Waals surface area contributed by atoms with Gasteiger partial charge in [0.05, 0.1) is 0 Å². The van der Waals surface area contributed by atoms with E-state index in [1.807, 2.05) is 25.1 Å². The molecule has 0 nitrogen and oxygen atoms in total. The van der Waals surface area contributed by atoms with Crippen LogP contribution in [0.4, 0.5) is 13.2 Å². The van der Waals surface area contributed by atoms with Crippen molar-refractivity contribution in [1.29, 1.82) is 0 Å². The number of aryl methyl sites for hydroxylation is 1. The standard InChI is InChI=1S/C16H11F3/c1-2-9-3-4-10-6-12-8-14(17)16(19)15(18)13(12)7-11(10)5-9/h3-8H,2H2,1H3. The molecule has 0 saturated carbocycles. The first-order valence-corrected chi connectivity index (χ1v) is 6.10. The molecule has 3 aromatic rings. The van der Waals surface area contributed by atoms with Crippen LogP contribution in [0, 0.1) is 17.5 Å². The molecule has 19 heavy (non-hydrogen) atoms. The van der Waals surface area contributed by atoms with E-state index in [-0.39, 0.29) is 5.39 Å². The summed E-state index contributed by atoms with van der Waals surface area (Å²) in [5.41, 5.74) is 1.12. The minimum absolute atomic E-state index is 0.111. The third-order valence-electron chi connectivity index (χ3n) is 3.40. The van der Waals surface area contributed by atoms with Gasteiger partial charge in [0.25, 0.3) is 0 Å². The van der Waals surface area contributed by atoms with E-state index in [1.54, 1.807) is 12.1 Å². The summed E-state index contributed by atoms with van der Waals surface area (Å²) >= 11 is 0. The van der Waals surface area contributed by atoms with E-state index >= 15 is 0 Å². The van der Waals surface area contributed by atoms with Crippen LogP contribution in [-0.4, -0.2) is 0 Å². The Morgan fingerprint density at radius 3 is 2.32 bits per heavy atom. The van der Waals surface area contributed by atoms with Gasteiger partial charge in [0.2, 0.25) is 0 Å². The van der Waals surface area contributed by atoms with Crippen molar-refractivity contribution in [3.63, 3.8) is 0 Å². The van der Waals surface area contributed by atoms with Crippen LogP contribution >= 0.6 is 0 Å². The second-order valence-electron chi connectivity index (χ2n) is 4.59. The van der Waals surface area contributed by atoms with Gasteiger partial charge < -0.3 is 0 Å². The largest absolute Gasteiger partial charge is 0.204 e. The zero-order chi connectivity index (χ0) is 13.6. The average molecular weight is 260 g/mol. The first-order valence-electron chi connectivity index (χ1n) is 6.10. The summed E-state index contributed by atoms with van der Waals surface area (Å²) in [4.78, 5) is 0. The Hall–Kier alpha value is -2.03. The molecule has 0 aromatic heterocycles. The van der Waals surface area contributed by atoms with E-state index in [4.69, 9.17) is 0 Å². The van der Waals surface area contributed by atoms with Gasteiger partial charge in [-0.1, -0.05) is 25.1 Å². The summed E-state index contributed by atoms with van der Waals surface area (Å²) < 4.78 is 40.2. The quantitative estimate of drug-likeness (QED) is 0.428. The first kappa shape index (κ1) is 12.0. The van der Waals surface area contributed by atoms with E-state index in [0.717, 1.165) is 28.8 Å². The van der Waals surface area contributed by atoms with Gasteiger partial charge in [-0.25, -0.2) is 13.2 Å². The fourth-order valence-electron chi connectivity index (χ4n) is 2.32. The van der Waals surface area contributed by atoms with Crippen molar-refractivity contribution in [2.75, 3.05) is 0 Å². The lowest BCUT2D eigenvalue weighted by Gasteiger charge is -2.06. The number of halogens is 3. The summed E-state index contributed by atoms with van der Waals surface area (Å²) in [5, 5.41) is 2.19. The Balaban J connectivity index is 2.42. The number of hydrogen-bond acceptors (Lipinski definition) is 0. The molecule has 3 heteroatoms. The topological polar surface area (TPSA) is 0 Å². The molecule has 0 fully saturated rings. The lowest BCUT2D eigenvalue weighted by Crippen LogP contribution is -1.92. The van der Waals surface area contributed by atoms with Crippen LogP contribution in [0.2, 0.25) is 0 Å². The molecule has 0 unspecified atom stereocenters. The molecule has 0 aliphatic carbocycles. The van der Waals surface area contributed by atoms with Crippen molar-refractivity contribution < 1.29 is 13.2 Å². The van der Waals surface area contributed by atoms with Crippen LogP contribution in [0.25, 0.3) is 21.5 Å². The molecule has 3 rings (SSSR count). The van der Waals surface area contributed by atoms with Crippen LogP contribution in [-0.2, 0) is 6.42 Å². The van der Waals surface area contributed by atoms with Crippen molar-refractivity contribution >= 4 is 21.5 Å². The molecule has 0 amide bonds.